The number of anilines is 1. The molecule has 0 saturated heterocycles. The lowest BCUT2D eigenvalue weighted by atomic mass is 9.80. The van der Waals surface area contributed by atoms with Crippen LogP contribution in [0.15, 0.2) is 47.8 Å². The van der Waals surface area contributed by atoms with Crippen molar-refractivity contribution >= 4 is 17.8 Å². The van der Waals surface area contributed by atoms with E-state index in [1.165, 1.54) is 30.6 Å². The number of hydrazone groups is 1. The molecule has 1 aromatic heterocycles. The minimum absolute atomic E-state index is 0.362. The second kappa shape index (κ2) is 7.42. The van der Waals surface area contributed by atoms with Crippen molar-refractivity contribution in [1.29, 1.82) is 0 Å². The summed E-state index contributed by atoms with van der Waals surface area (Å²) in [4.78, 5) is 15.4. The van der Waals surface area contributed by atoms with E-state index < -0.39 is 17.8 Å². The van der Waals surface area contributed by atoms with E-state index in [9.17, 15) is 13.6 Å². The number of benzene rings is 2. The summed E-state index contributed by atoms with van der Waals surface area (Å²) in [7, 11) is 1.75. The molecule has 3 aromatic rings. The summed E-state index contributed by atoms with van der Waals surface area (Å²) in [6, 6.07) is 8.36. The van der Waals surface area contributed by atoms with Crippen molar-refractivity contribution in [3.8, 4) is 0 Å². The molecule has 2 unspecified atom stereocenters. The first kappa shape index (κ1) is 18.7. The predicted octanol–water partition coefficient (Wildman–Crippen LogP) is 2.80. The van der Waals surface area contributed by atoms with Crippen molar-refractivity contribution in [3.05, 3.63) is 76.9 Å². The van der Waals surface area contributed by atoms with Crippen molar-refractivity contribution in [2.45, 2.75) is 18.9 Å². The Morgan fingerprint density at radius 3 is 2.62 bits per heavy atom. The Hall–Kier alpha value is -3.62. The lowest BCUT2D eigenvalue weighted by Crippen LogP contribution is -2.35. The topological polar surface area (TPSA) is 84.2 Å². The Bertz CT molecular complexity index is 1090. The fourth-order valence-corrected chi connectivity index (χ4v) is 3.79. The van der Waals surface area contributed by atoms with Gasteiger partial charge in [-0.3, -0.25) is 9.48 Å². The van der Waals surface area contributed by atoms with Crippen molar-refractivity contribution in [1.82, 2.24) is 20.2 Å². The molecule has 0 aliphatic carbocycles. The molecular weight excluding hydrogens is 378 g/mol. The quantitative estimate of drug-likeness (QED) is 0.525. The van der Waals surface area contributed by atoms with Crippen LogP contribution in [0.25, 0.3) is 0 Å². The first-order chi connectivity index (χ1) is 14.0. The van der Waals surface area contributed by atoms with Crippen molar-refractivity contribution < 1.29 is 13.6 Å². The summed E-state index contributed by atoms with van der Waals surface area (Å²) in [6.45, 7) is 1.77. The monoisotopic (exact) mass is 396 g/mol. The van der Waals surface area contributed by atoms with Gasteiger partial charge in [0.25, 0.3) is 0 Å². The maximum absolute atomic E-state index is 14.1. The number of aryl methyl sites for hydroxylation is 2. The third-order valence-corrected chi connectivity index (χ3v) is 4.99. The Morgan fingerprint density at radius 1 is 1.21 bits per heavy atom. The van der Waals surface area contributed by atoms with E-state index in [-0.39, 0.29) is 5.82 Å². The zero-order valence-electron chi connectivity index (χ0n) is 15.7. The first-order valence-electron chi connectivity index (χ1n) is 8.92. The van der Waals surface area contributed by atoms with Gasteiger partial charge in [0.15, 0.2) is 0 Å². The molecule has 7 nitrogen and oxygen atoms in total. The molecule has 2 aromatic carbocycles. The van der Waals surface area contributed by atoms with E-state index in [2.05, 4.69) is 25.9 Å². The van der Waals surface area contributed by atoms with Crippen molar-refractivity contribution in [2.24, 2.45) is 12.1 Å². The predicted molar refractivity (Wildman–Crippen MR) is 103 cm³/mol. The van der Waals surface area contributed by atoms with Crippen LogP contribution >= 0.6 is 0 Å². The number of hydrogen-bond acceptors (Lipinski definition) is 5. The molecule has 148 valence electrons. The highest BCUT2D eigenvalue weighted by atomic mass is 19.1. The normalized spacial score (nSPS) is 19.5. The standard InChI is InChI=1S/C20H18F2N6O/c1-11-7-14(22)8-15-16(11)19(27-24-10-29)17(20-23-9-25-28(20)2)18(26-15)12-3-5-13(21)6-4-12/h3-10,17-18,26H,1-2H3,(H,24,29)/b27-19+. The molecule has 2 atom stereocenters. The van der Waals surface area contributed by atoms with Gasteiger partial charge in [-0.1, -0.05) is 12.1 Å². The number of nitrogens with zero attached hydrogens (tertiary/aromatic N) is 4. The van der Waals surface area contributed by atoms with Gasteiger partial charge in [-0.05, 0) is 42.3 Å². The van der Waals surface area contributed by atoms with Crippen LogP contribution in [0.4, 0.5) is 14.5 Å². The molecule has 29 heavy (non-hydrogen) atoms. The number of halogens is 2. The summed E-state index contributed by atoms with van der Waals surface area (Å²) in [6.07, 6.45) is 1.89. The summed E-state index contributed by atoms with van der Waals surface area (Å²) in [5.41, 5.74) is 5.48. The molecule has 0 fully saturated rings. The van der Waals surface area contributed by atoms with Crippen LogP contribution in [0.5, 0.6) is 0 Å². The Labute approximate surface area is 165 Å². The molecular formula is C20H18F2N6O. The zero-order valence-corrected chi connectivity index (χ0v) is 15.7. The van der Waals surface area contributed by atoms with Gasteiger partial charge in [-0.25, -0.2) is 19.2 Å². The van der Waals surface area contributed by atoms with Crippen molar-refractivity contribution in [3.63, 3.8) is 0 Å². The lowest BCUT2D eigenvalue weighted by molar-refractivity contribution is -0.109. The summed E-state index contributed by atoms with van der Waals surface area (Å²) < 4.78 is 29.2. The van der Waals surface area contributed by atoms with E-state index in [1.807, 2.05) is 0 Å². The Kier molecular flexibility index (Phi) is 4.79. The molecule has 1 amide bonds. The first-order valence-corrected chi connectivity index (χ1v) is 8.92. The molecule has 0 radical (unpaired) electrons. The average molecular weight is 396 g/mol. The van der Waals surface area contributed by atoms with Crippen LogP contribution in [-0.4, -0.2) is 26.9 Å². The fourth-order valence-electron chi connectivity index (χ4n) is 3.79. The molecule has 0 bridgehead atoms. The minimum Gasteiger partial charge on any atom is -0.376 e. The van der Waals surface area contributed by atoms with Gasteiger partial charge in [0.2, 0.25) is 6.41 Å². The van der Waals surface area contributed by atoms with Crippen LogP contribution in [-0.2, 0) is 11.8 Å². The number of hydrogen-bond donors (Lipinski definition) is 2. The molecule has 9 heteroatoms. The Morgan fingerprint density at radius 2 is 1.97 bits per heavy atom. The third kappa shape index (κ3) is 3.35. The summed E-state index contributed by atoms with van der Waals surface area (Å²) in [5, 5.41) is 11.8. The van der Waals surface area contributed by atoms with Gasteiger partial charge >= 0.3 is 0 Å². The van der Waals surface area contributed by atoms with E-state index in [1.54, 1.807) is 30.8 Å². The van der Waals surface area contributed by atoms with E-state index in [0.29, 0.717) is 34.8 Å². The molecule has 2 heterocycles. The van der Waals surface area contributed by atoms with Crippen LogP contribution in [0, 0.1) is 18.6 Å². The van der Waals surface area contributed by atoms with E-state index in [0.717, 1.165) is 5.56 Å². The lowest BCUT2D eigenvalue weighted by Gasteiger charge is -2.36. The van der Waals surface area contributed by atoms with Gasteiger partial charge in [0.05, 0.1) is 17.7 Å². The highest BCUT2D eigenvalue weighted by molar-refractivity contribution is 6.12. The third-order valence-electron chi connectivity index (χ3n) is 4.99. The molecule has 0 saturated carbocycles. The molecule has 2 N–H and O–H groups in total. The van der Waals surface area contributed by atoms with Gasteiger partial charge in [-0.2, -0.15) is 10.2 Å². The van der Waals surface area contributed by atoms with Gasteiger partial charge in [-0.15, -0.1) is 0 Å². The van der Waals surface area contributed by atoms with Gasteiger partial charge in [0, 0.05) is 18.3 Å². The van der Waals surface area contributed by atoms with Crippen molar-refractivity contribution in [2.75, 3.05) is 5.32 Å². The highest BCUT2D eigenvalue weighted by Gasteiger charge is 2.39. The number of carbonyl (C=O) groups is 1. The smallest absolute Gasteiger partial charge is 0.227 e. The molecule has 0 spiro atoms. The van der Waals surface area contributed by atoms with Crippen LogP contribution < -0.4 is 10.7 Å². The second-order valence-electron chi connectivity index (χ2n) is 6.78. The maximum Gasteiger partial charge on any atom is 0.227 e. The van der Waals surface area contributed by atoms with E-state index >= 15 is 0 Å². The van der Waals surface area contributed by atoms with Crippen LogP contribution in [0.3, 0.4) is 0 Å². The number of carbonyl (C=O) groups excluding carboxylic acids is 1. The van der Waals surface area contributed by atoms with Gasteiger partial charge < -0.3 is 5.32 Å². The number of rotatable bonds is 4. The number of amides is 1. The highest BCUT2D eigenvalue weighted by Crippen LogP contribution is 2.43. The Balaban J connectivity index is 1.98. The SMILES string of the molecule is Cc1cc(F)cc2c1/C(=N\NC=O)C(c1ncnn1C)C(c1ccc(F)cc1)N2. The largest absolute Gasteiger partial charge is 0.376 e. The number of fused-ring (bicyclic) bond motifs is 1. The molecule has 4 rings (SSSR count). The molecule has 1 aliphatic rings. The number of aromatic nitrogens is 3. The zero-order chi connectivity index (χ0) is 20.5. The maximum atomic E-state index is 14.1. The molecule has 1 aliphatic heterocycles. The number of nitrogens with one attached hydrogen (secondary N) is 2. The second-order valence-corrected chi connectivity index (χ2v) is 6.78. The van der Waals surface area contributed by atoms with Gasteiger partial charge in [0.1, 0.15) is 23.8 Å². The minimum atomic E-state index is -0.475. The van der Waals surface area contributed by atoms with Crippen LogP contribution in [0.1, 0.15) is 34.5 Å². The fraction of sp³-hybridized carbons (Fsp3) is 0.200. The summed E-state index contributed by atoms with van der Waals surface area (Å²) >= 11 is 0. The summed E-state index contributed by atoms with van der Waals surface area (Å²) in [5.74, 6) is -0.644. The van der Waals surface area contributed by atoms with E-state index in [4.69, 9.17) is 0 Å². The van der Waals surface area contributed by atoms with Crippen LogP contribution in [0.2, 0.25) is 0 Å². The average Bonchev–Trinajstić information content (AvgIpc) is 3.11.